The highest BCUT2D eigenvalue weighted by Gasteiger charge is 2.23. The number of rotatable bonds is 3. The average molecular weight is 264 g/mol. The first-order valence-electron chi connectivity index (χ1n) is 7.53. The Bertz CT molecular complexity index is 392. The van der Waals surface area contributed by atoms with E-state index in [2.05, 4.69) is 27.4 Å². The standard InChI is InChI=1S/C14H24N4O/c1-18-7-4-11(5-8-18)9-13-16-14(17-19-13)12-3-2-6-15-10-12/h11-12,15H,2-10H2,1H3. The first-order valence-corrected chi connectivity index (χ1v) is 7.53. The Kier molecular flexibility index (Phi) is 4.13. The van der Waals surface area contributed by atoms with Crippen LogP contribution in [0.3, 0.4) is 0 Å². The van der Waals surface area contributed by atoms with E-state index in [0.29, 0.717) is 11.8 Å². The van der Waals surface area contributed by atoms with Gasteiger partial charge in [-0.1, -0.05) is 5.16 Å². The Morgan fingerprint density at radius 3 is 2.89 bits per heavy atom. The molecule has 2 fully saturated rings. The Labute approximate surface area is 114 Å². The van der Waals surface area contributed by atoms with Crippen LogP contribution in [0.1, 0.15) is 43.3 Å². The average Bonchev–Trinajstić information content (AvgIpc) is 2.91. The second-order valence-electron chi connectivity index (χ2n) is 6.04. The second kappa shape index (κ2) is 6.01. The predicted octanol–water partition coefficient (Wildman–Crippen LogP) is 1.42. The zero-order valence-electron chi connectivity index (χ0n) is 11.8. The number of hydrogen-bond donors (Lipinski definition) is 1. The van der Waals surface area contributed by atoms with Crippen molar-refractivity contribution in [1.29, 1.82) is 0 Å². The van der Waals surface area contributed by atoms with E-state index in [0.717, 1.165) is 31.2 Å². The van der Waals surface area contributed by atoms with E-state index in [9.17, 15) is 0 Å². The monoisotopic (exact) mass is 264 g/mol. The lowest BCUT2D eigenvalue weighted by Gasteiger charge is -2.27. The Morgan fingerprint density at radius 1 is 1.32 bits per heavy atom. The van der Waals surface area contributed by atoms with Gasteiger partial charge in [-0.15, -0.1) is 0 Å². The van der Waals surface area contributed by atoms with Gasteiger partial charge in [0.05, 0.1) is 0 Å². The van der Waals surface area contributed by atoms with Crippen molar-refractivity contribution in [3.8, 4) is 0 Å². The summed E-state index contributed by atoms with van der Waals surface area (Å²) >= 11 is 0. The molecule has 1 atom stereocenters. The van der Waals surface area contributed by atoms with Gasteiger partial charge < -0.3 is 14.7 Å². The molecular formula is C14H24N4O. The molecule has 1 unspecified atom stereocenters. The Balaban J connectivity index is 1.55. The summed E-state index contributed by atoms with van der Waals surface area (Å²) in [5, 5.41) is 7.59. The van der Waals surface area contributed by atoms with E-state index in [4.69, 9.17) is 4.52 Å². The molecule has 2 aliphatic heterocycles. The van der Waals surface area contributed by atoms with Gasteiger partial charge in [0.1, 0.15) is 0 Å². The third kappa shape index (κ3) is 3.34. The second-order valence-corrected chi connectivity index (χ2v) is 6.04. The van der Waals surface area contributed by atoms with Crippen molar-refractivity contribution >= 4 is 0 Å². The summed E-state index contributed by atoms with van der Waals surface area (Å²) in [6.07, 6.45) is 5.85. The molecule has 2 aliphatic rings. The van der Waals surface area contributed by atoms with Gasteiger partial charge in [0, 0.05) is 18.9 Å². The minimum atomic E-state index is 0.448. The molecule has 5 nitrogen and oxygen atoms in total. The van der Waals surface area contributed by atoms with E-state index in [-0.39, 0.29) is 0 Å². The third-order valence-corrected chi connectivity index (χ3v) is 4.45. The fourth-order valence-corrected chi connectivity index (χ4v) is 3.10. The van der Waals surface area contributed by atoms with Crippen LogP contribution >= 0.6 is 0 Å². The van der Waals surface area contributed by atoms with Crippen LogP contribution in [0.4, 0.5) is 0 Å². The summed E-state index contributed by atoms with van der Waals surface area (Å²) in [5.74, 6) is 2.92. The molecule has 0 bridgehead atoms. The van der Waals surface area contributed by atoms with Crippen LogP contribution in [0.2, 0.25) is 0 Å². The maximum absolute atomic E-state index is 5.44. The van der Waals surface area contributed by atoms with Crippen LogP contribution in [0, 0.1) is 5.92 Å². The molecule has 0 aliphatic carbocycles. The fourth-order valence-electron chi connectivity index (χ4n) is 3.10. The summed E-state index contributed by atoms with van der Waals surface area (Å²) < 4.78 is 5.44. The third-order valence-electron chi connectivity index (χ3n) is 4.45. The number of nitrogens with one attached hydrogen (secondary N) is 1. The molecule has 19 heavy (non-hydrogen) atoms. The number of hydrogen-bond acceptors (Lipinski definition) is 5. The van der Waals surface area contributed by atoms with Gasteiger partial charge in [-0.2, -0.15) is 4.98 Å². The topological polar surface area (TPSA) is 54.2 Å². The maximum atomic E-state index is 5.44. The smallest absolute Gasteiger partial charge is 0.226 e. The van der Waals surface area contributed by atoms with E-state index >= 15 is 0 Å². The highest BCUT2D eigenvalue weighted by molar-refractivity contribution is 4.99. The lowest BCUT2D eigenvalue weighted by Crippen LogP contribution is -2.31. The van der Waals surface area contributed by atoms with Gasteiger partial charge in [0.2, 0.25) is 5.89 Å². The minimum Gasteiger partial charge on any atom is -0.339 e. The van der Waals surface area contributed by atoms with Crippen LogP contribution < -0.4 is 5.32 Å². The highest BCUT2D eigenvalue weighted by atomic mass is 16.5. The Hall–Kier alpha value is -0.940. The van der Waals surface area contributed by atoms with E-state index in [1.807, 2.05) is 0 Å². The number of likely N-dealkylation sites (tertiary alicyclic amines) is 1. The van der Waals surface area contributed by atoms with Crippen molar-refractivity contribution in [1.82, 2.24) is 20.4 Å². The summed E-state index contributed by atoms with van der Waals surface area (Å²) in [4.78, 5) is 7.01. The first kappa shape index (κ1) is 13.1. The molecule has 1 aromatic heterocycles. The lowest BCUT2D eigenvalue weighted by molar-refractivity contribution is 0.208. The van der Waals surface area contributed by atoms with Crippen molar-refractivity contribution in [2.75, 3.05) is 33.2 Å². The van der Waals surface area contributed by atoms with Crippen LogP contribution in [-0.4, -0.2) is 48.3 Å². The van der Waals surface area contributed by atoms with E-state index in [1.54, 1.807) is 0 Å². The molecule has 2 saturated heterocycles. The van der Waals surface area contributed by atoms with Crippen molar-refractivity contribution in [2.24, 2.45) is 5.92 Å². The minimum absolute atomic E-state index is 0.448. The summed E-state index contributed by atoms with van der Waals surface area (Å²) in [7, 11) is 2.19. The van der Waals surface area contributed by atoms with Crippen LogP contribution in [0.5, 0.6) is 0 Å². The molecule has 0 saturated carbocycles. The molecule has 1 N–H and O–H groups in total. The molecule has 3 rings (SSSR count). The summed E-state index contributed by atoms with van der Waals surface area (Å²) in [6, 6.07) is 0. The molecule has 0 aromatic carbocycles. The molecule has 1 aromatic rings. The van der Waals surface area contributed by atoms with E-state index in [1.165, 1.54) is 38.8 Å². The molecular weight excluding hydrogens is 240 g/mol. The zero-order chi connectivity index (χ0) is 13.1. The maximum Gasteiger partial charge on any atom is 0.226 e. The molecule has 106 valence electrons. The molecule has 5 heteroatoms. The normalized spacial score (nSPS) is 26.7. The van der Waals surface area contributed by atoms with Crippen molar-refractivity contribution in [3.63, 3.8) is 0 Å². The van der Waals surface area contributed by atoms with Crippen molar-refractivity contribution < 1.29 is 4.52 Å². The molecule has 0 spiro atoms. The largest absolute Gasteiger partial charge is 0.339 e. The molecule has 3 heterocycles. The van der Waals surface area contributed by atoms with Crippen molar-refractivity contribution in [3.05, 3.63) is 11.7 Å². The van der Waals surface area contributed by atoms with Crippen LogP contribution in [0.25, 0.3) is 0 Å². The fraction of sp³-hybridized carbons (Fsp3) is 0.857. The van der Waals surface area contributed by atoms with Crippen molar-refractivity contribution in [2.45, 2.75) is 38.0 Å². The molecule has 0 amide bonds. The lowest BCUT2D eigenvalue weighted by atomic mass is 9.94. The SMILES string of the molecule is CN1CCC(Cc2nc(C3CCCNC3)no2)CC1. The van der Waals surface area contributed by atoms with Gasteiger partial charge in [-0.3, -0.25) is 0 Å². The van der Waals surface area contributed by atoms with E-state index < -0.39 is 0 Å². The van der Waals surface area contributed by atoms with Crippen LogP contribution in [0.15, 0.2) is 4.52 Å². The number of piperidine rings is 2. The Morgan fingerprint density at radius 2 is 2.16 bits per heavy atom. The summed E-state index contributed by atoms with van der Waals surface area (Å²) in [5.41, 5.74) is 0. The van der Waals surface area contributed by atoms with Gasteiger partial charge in [0.15, 0.2) is 5.82 Å². The first-order chi connectivity index (χ1) is 9.31. The van der Waals surface area contributed by atoms with Gasteiger partial charge in [0.25, 0.3) is 0 Å². The predicted molar refractivity (Wildman–Crippen MR) is 73.1 cm³/mol. The summed E-state index contributed by atoms with van der Waals surface area (Å²) in [6.45, 7) is 4.50. The van der Waals surface area contributed by atoms with Gasteiger partial charge in [-0.25, -0.2) is 0 Å². The molecule has 0 radical (unpaired) electrons. The quantitative estimate of drug-likeness (QED) is 0.895. The van der Waals surface area contributed by atoms with Gasteiger partial charge >= 0.3 is 0 Å². The number of aromatic nitrogens is 2. The van der Waals surface area contributed by atoms with Gasteiger partial charge in [-0.05, 0) is 58.3 Å². The van der Waals surface area contributed by atoms with Crippen LogP contribution in [-0.2, 0) is 6.42 Å². The highest BCUT2D eigenvalue weighted by Crippen LogP contribution is 2.23. The number of nitrogens with zero attached hydrogens (tertiary/aromatic N) is 3. The zero-order valence-corrected chi connectivity index (χ0v) is 11.8.